The molecule has 1 heterocycles. The Hall–Kier alpha value is -2.07. The van der Waals surface area contributed by atoms with Gasteiger partial charge in [-0.2, -0.15) is 0 Å². The van der Waals surface area contributed by atoms with E-state index in [1.807, 2.05) is 62.4 Å². The number of aryl methyl sites for hydroxylation is 1. The highest BCUT2D eigenvalue weighted by atomic mass is 32.2. The summed E-state index contributed by atoms with van der Waals surface area (Å²) in [5, 5.41) is 0.296. The summed E-state index contributed by atoms with van der Waals surface area (Å²) >= 11 is 1.35. The minimum Gasteiger partial charge on any atom is -0.431 e. The second-order valence-corrected chi connectivity index (χ2v) is 6.23. The largest absolute Gasteiger partial charge is 0.431 e. The molecule has 0 spiro atoms. The second-order valence-electron chi connectivity index (χ2n) is 4.94. The molecule has 0 N–H and O–H groups in total. The zero-order chi connectivity index (χ0) is 14.8. The van der Waals surface area contributed by atoms with E-state index in [0.29, 0.717) is 5.22 Å². The summed E-state index contributed by atoms with van der Waals surface area (Å²) in [5.74, 6) is 0.0854. The molecule has 1 atom stereocenters. The van der Waals surface area contributed by atoms with E-state index in [0.717, 1.165) is 22.2 Å². The molecule has 0 aliphatic carbocycles. The second kappa shape index (κ2) is 5.74. The van der Waals surface area contributed by atoms with E-state index in [1.165, 1.54) is 11.8 Å². The van der Waals surface area contributed by atoms with Gasteiger partial charge in [0.25, 0.3) is 5.22 Å². The molecule has 0 aliphatic heterocycles. The molecule has 3 rings (SSSR count). The van der Waals surface area contributed by atoms with Gasteiger partial charge in [0.05, 0.1) is 5.25 Å². The summed E-state index contributed by atoms with van der Waals surface area (Å²) in [6, 6.07) is 15.2. The van der Waals surface area contributed by atoms with Crippen LogP contribution in [0.25, 0.3) is 11.1 Å². The van der Waals surface area contributed by atoms with Gasteiger partial charge in [-0.25, -0.2) is 4.98 Å². The number of para-hydroxylation sites is 2. The molecule has 4 heteroatoms. The van der Waals surface area contributed by atoms with E-state index in [-0.39, 0.29) is 11.0 Å². The van der Waals surface area contributed by atoms with Crippen molar-refractivity contribution in [3.63, 3.8) is 0 Å². The van der Waals surface area contributed by atoms with Gasteiger partial charge in [-0.05, 0) is 26.0 Å². The molecule has 3 nitrogen and oxygen atoms in total. The monoisotopic (exact) mass is 297 g/mol. The Morgan fingerprint density at radius 1 is 1.14 bits per heavy atom. The lowest BCUT2D eigenvalue weighted by Gasteiger charge is -2.07. The predicted octanol–water partition coefficient (Wildman–Crippen LogP) is 4.50. The maximum atomic E-state index is 12.4. The van der Waals surface area contributed by atoms with E-state index in [1.54, 1.807) is 0 Å². The maximum absolute atomic E-state index is 12.4. The third-order valence-corrected chi connectivity index (χ3v) is 4.20. The molecule has 0 fully saturated rings. The summed E-state index contributed by atoms with van der Waals surface area (Å²) in [6.07, 6.45) is 0. The molecule has 106 valence electrons. The van der Waals surface area contributed by atoms with Crippen LogP contribution >= 0.6 is 11.8 Å². The first kappa shape index (κ1) is 13.9. The molecule has 1 aromatic heterocycles. The van der Waals surface area contributed by atoms with Gasteiger partial charge in [-0.15, -0.1) is 0 Å². The third-order valence-electron chi connectivity index (χ3n) is 3.26. The maximum Gasteiger partial charge on any atom is 0.257 e. The SMILES string of the molecule is Cc1ccc(C(=O)[C@@H](C)Sc2nc3ccccc3o2)cc1. The summed E-state index contributed by atoms with van der Waals surface area (Å²) in [7, 11) is 0. The molecule has 3 aromatic rings. The number of fused-ring (bicyclic) bond motifs is 1. The lowest BCUT2D eigenvalue weighted by Crippen LogP contribution is -2.13. The molecule has 0 aliphatic rings. The van der Waals surface area contributed by atoms with Gasteiger partial charge in [0.2, 0.25) is 0 Å². The Morgan fingerprint density at radius 2 is 1.86 bits per heavy atom. The van der Waals surface area contributed by atoms with Crippen LogP contribution in [0.15, 0.2) is 58.2 Å². The molecule has 0 amide bonds. The van der Waals surface area contributed by atoms with E-state index in [2.05, 4.69) is 4.98 Å². The first-order valence-electron chi connectivity index (χ1n) is 6.76. The van der Waals surface area contributed by atoms with Crippen molar-refractivity contribution in [3.8, 4) is 0 Å². The van der Waals surface area contributed by atoms with Crippen molar-refractivity contribution in [2.45, 2.75) is 24.3 Å². The number of thioether (sulfide) groups is 1. The van der Waals surface area contributed by atoms with Crippen LogP contribution in [-0.2, 0) is 0 Å². The van der Waals surface area contributed by atoms with Crippen LogP contribution in [0, 0.1) is 6.92 Å². The number of aromatic nitrogens is 1. The summed E-state index contributed by atoms with van der Waals surface area (Å²) in [5.41, 5.74) is 3.42. The van der Waals surface area contributed by atoms with Crippen LogP contribution in [0.1, 0.15) is 22.8 Å². The highest BCUT2D eigenvalue weighted by Crippen LogP contribution is 2.28. The number of oxazole rings is 1. The van der Waals surface area contributed by atoms with Gasteiger partial charge in [0, 0.05) is 5.56 Å². The van der Waals surface area contributed by atoms with E-state index in [4.69, 9.17) is 4.42 Å². The van der Waals surface area contributed by atoms with Crippen molar-refractivity contribution in [2.24, 2.45) is 0 Å². The van der Waals surface area contributed by atoms with E-state index < -0.39 is 0 Å². The smallest absolute Gasteiger partial charge is 0.257 e. The number of carbonyl (C=O) groups is 1. The van der Waals surface area contributed by atoms with Crippen LogP contribution in [-0.4, -0.2) is 16.0 Å². The molecule has 0 saturated carbocycles. The molecule has 0 saturated heterocycles. The van der Waals surface area contributed by atoms with Crippen molar-refractivity contribution in [3.05, 3.63) is 59.7 Å². The zero-order valence-electron chi connectivity index (χ0n) is 11.9. The number of rotatable bonds is 4. The number of ketones is 1. The minimum atomic E-state index is -0.235. The Balaban J connectivity index is 1.77. The lowest BCUT2D eigenvalue weighted by molar-refractivity contribution is 0.0993. The van der Waals surface area contributed by atoms with Crippen LogP contribution in [0.4, 0.5) is 0 Å². The van der Waals surface area contributed by atoms with Crippen LogP contribution in [0.5, 0.6) is 0 Å². The first-order valence-corrected chi connectivity index (χ1v) is 7.64. The van der Waals surface area contributed by atoms with E-state index >= 15 is 0 Å². The Bertz CT molecular complexity index is 744. The van der Waals surface area contributed by atoms with Crippen molar-refractivity contribution in [2.75, 3.05) is 0 Å². The fraction of sp³-hybridized carbons (Fsp3) is 0.176. The topological polar surface area (TPSA) is 43.1 Å². The van der Waals surface area contributed by atoms with Crippen molar-refractivity contribution in [1.82, 2.24) is 4.98 Å². The number of carbonyl (C=O) groups excluding carboxylic acids is 1. The predicted molar refractivity (Wildman–Crippen MR) is 84.8 cm³/mol. The van der Waals surface area contributed by atoms with Gasteiger partial charge in [-0.3, -0.25) is 4.79 Å². The first-order chi connectivity index (χ1) is 10.1. The summed E-state index contributed by atoms with van der Waals surface area (Å²) in [6.45, 7) is 3.88. The zero-order valence-corrected chi connectivity index (χ0v) is 12.7. The quantitative estimate of drug-likeness (QED) is 0.525. The van der Waals surface area contributed by atoms with Crippen molar-refractivity contribution < 1.29 is 9.21 Å². The molecule has 21 heavy (non-hydrogen) atoms. The molecule has 0 radical (unpaired) electrons. The van der Waals surface area contributed by atoms with Gasteiger partial charge in [-0.1, -0.05) is 53.7 Å². The number of nitrogens with zero attached hydrogens (tertiary/aromatic N) is 1. The number of hydrogen-bond donors (Lipinski definition) is 0. The summed E-state index contributed by atoms with van der Waals surface area (Å²) < 4.78 is 5.64. The molecule has 0 unspecified atom stereocenters. The fourth-order valence-electron chi connectivity index (χ4n) is 2.06. The molecular weight excluding hydrogens is 282 g/mol. The minimum absolute atomic E-state index is 0.0854. The fourth-order valence-corrected chi connectivity index (χ4v) is 2.89. The Labute approximate surface area is 127 Å². The van der Waals surface area contributed by atoms with Gasteiger partial charge >= 0.3 is 0 Å². The number of Topliss-reactive ketones (excluding diaryl/α,β-unsaturated/α-hetero) is 1. The van der Waals surface area contributed by atoms with Crippen molar-refractivity contribution >= 4 is 28.6 Å². The highest BCUT2D eigenvalue weighted by molar-refractivity contribution is 8.00. The number of hydrogen-bond acceptors (Lipinski definition) is 4. The normalized spacial score (nSPS) is 12.5. The standard InChI is InChI=1S/C17H15NO2S/c1-11-7-9-13(10-8-11)16(19)12(2)21-17-18-14-5-3-4-6-15(14)20-17/h3-10,12H,1-2H3/t12-/m1/s1. The van der Waals surface area contributed by atoms with Crippen LogP contribution in [0.2, 0.25) is 0 Å². The third kappa shape index (κ3) is 3.00. The number of benzene rings is 2. The average molecular weight is 297 g/mol. The Kier molecular flexibility index (Phi) is 3.80. The molecule has 2 aromatic carbocycles. The molecular formula is C17H15NO2S. The molecule has 0 bridgehead atoms. The van der Waals surface area contributed by atoms with Gasteiger partial charge in [0.15, 0.2) is 11.4 Å². The van der Waals surface area contributed by atoms with Crippen molar-refractivity contribution in [1.29, 1.82) is 0 Å². The van der Waals surface area contributed by atoms with Gasteiger partial charge < -0.3 is 4.42 Å². The average Bonchev–Trinajstić information content (AvgIpc) is 2.89. The summed E-state index contributed by atoms with van der Waals surface area (Å²) in [4.78, 5) is 16.8. The lowest BCUT2D eigenvalue weighted by atomic mass is 10.1. The van der Waals surface area contributed by atoms with E-state index in [9.17, 15) is 4.79 Å². The van der Waals surface area contributed by atoms with Gasteiger partial charge in [0.1, 0.15) is 5.52 Å². The Morgan fingerprint density at radius 3 is 2.57 bits per heavy atom. The van der Waals surface area contributed by atoms with Crippen LogP contribution < -0.4 is 0 Å². The van der Waals surface area contributed by atoms with Crippen LogP contribution in [0.3, 0.4) is 0 Å². The highest BCUT2D eigenvalue weighted by Gasteiger charge is 2.19.